The number of thiazole rings is 1. The number of hydrogen-bond acceptors (Lipinski definition) is 5. The van der Waals surface area contributed by atoms with Gasteiger partial charge in [-0.3, -0.25) is 10.1 Å². The van der Waals surface area contributed by atoms with Gasteiger partial charge in [-0.25, -0.2) is 4.98 Å². The normalized spacial score (nSPS) is 14.9. The molecule has 0 aromatic carbocycles. The van der Waals surface area contributed by atoms with Crippen LogP contribution >= 0.6 is 27.3 Å². The third-order valence-corrected chi connectivity index (χ3v) is 2.96. The van der Waals surface area contributed by atoms with Crippen molar-refractivity contribution in [3.8, 4) is 0 Å². The Morgan fingerprint density at radius 2 is 2.47 bits per heavy atom. The van der Waals surface area contributed by atoms with Crippen LogP contribution in [0.15, 0.2) is 22.0 Å². The third kappa shape index (κ3) is 2.69. The maximum Gasteiger partial charge on any atom is 0.295 e. The Bertz CT molecular complexity index is 404. The van der Waals surface area contributed by atoms with Crippen molar-refractivity contribution in [3.63, 3.8) is 0 Å². The molecule has 0 radical (unpaired) electrons. The maximum absolute atomic E-state index is 11.5. The highest BCUT2D eigenvalue weighted by molar-refractivity contribution is 9.11. The molecule has 0 atom stereocenters. The molecule has 0 bridgehead atoms. The molecular formula is C8H7BrN2O3S. The first kappa shape index (κ1) is 10.4. The number of nitrogens with one attached hydrogen (secondary N) is 1. The van der Waals surface area contributed by atoms with Gasteiger partial charge in [0.05, 0.1) is 9.98 Å². The van der Waals surface area contributed by atoms with Gasteiger partial charge in [0.15, 0.2) is 5.13 Å². The third-order valence-electron chi connectivity index (χ3n) is 1.57. The summed E-state index contributed by atoms with van der Waals surface area (Å²) >= 11 is 4.58. The molecule has 1 N–H and O–H groups in total. The SMILES string of the molecule is O=C(Nc1ncc(Br)s1)C1=COCCO1. The second kappa shape index (κ2) is 4.63. The van der Waals surface area contributed by atoms with Crippen molar-refractivity contribution in [2.24, 2.45) is 0 Å². The molecule has 0 saturated heterocycles. The van der Waals surface area contributed by atoms with Gasteiger partial charge in [0.1, 0.15) is 19.5 Å². The predicted molar refractivity (Wildman–Crippen MR) is 58.4 cm³/mol. The second-order valence-electron chi connectivity index (χ2n) is 2.63. The van der Waals surface area contributed by atoms with E-state index >= 15 is 0 Å². The summed E-state index contributed by atoms with van der Waals surface area (Å²) in [7, 11) is 0. The number of halogens is 1. The number of carbonyl (C=O) groups excluding carboxylic acids is 1. The lowest BCUT2D eigenvalue weighted by Crippen LogP contribution is -2.20. The van der Waals surface area contributed by atoms with Gasteiger partial charge in [-0.1, -0.05) is 11.3 Å². The van der Waals surface area contributed by atoms with E-state index in [4.69, 9.17) is 9.47 Å². The van der Waals surface area contributed by atoms with Gasteiger partial charge in [0.2, 0.25) is 5.76 Å². The first-order valence-corrected chi connectivity index (χ1v) is 5.74. The van der Waals surface area contributed by atoms with Crippen LogP contribution in [-0.4, -0.2) is 24.1 Å². The van der Waals surface area contributed by atoms with Gasteiger partial charge in [-0.15, -0.1) is 0 Å². The minimum absolute atomic E-state index is 0.174. The van der Waals surface area contributed by atoms with E-state index in [1.165, 1.54) is 17.6 Å². The van der Waals surface area contributed by atoms with Gasteiger partial charge >= 0.3 is 0 Å². The van der Waals surface area contributed by atoms with Gasteiger partial charge in [0, 0.05) is 0 Å². The highest BCUT2D eigenvalue weighted by atomic mass is 79.9. The van der Waals surface area contributed by atoms with E-state index < -0.39 is 0 Å². The van der Waals surface area contributed by atoms with E-state index in [1.807, 2.05) is 0 Å². The molecule has 1 amide bonds. The molecule has 0 unspecified atom stereocenters. The van der Waals surface area contributed by atoms with Crippen LogP contribution in [0.3, 0.4) is 0 Å². The molecule has 0 saturated carbocycles. The van der Waals surface area contributed by atoms with E-state index in [-0.39, 0.29) is 11.7 Å². The Kier molecular flexibility index (Phi) is 3.22. The first-order chi connectivity index (χ1) is 7.25. The minimum atomic E-state index is -0.350. The Hall–Kier alpha value is -1.08. The van der Waals surface area contributed by atoms with Crippen LogP contribution in [0, 0.1) is 0 Å². The Balaban J connectivity index is 2.00. The van der Waals surface area contributed by atoms with Crippen molar-refractivity contribution in [1.29, 1.82) is 0 Å². The van der Waals surface area contributed by atoms with Crippen molar-refractivity contribution in [1.82, 2.24) is 4.98 Å². The van der Waals surface area contributed by atoms with Crippen molar-refractivity contribution >= 4 is 38.3 Å². The van der Waals surface area contributed by atoms with Crippen molar-refractivity contribution in [2.75, 3.05) is 18.5 Å². The number of hydrogen-bond donors (Lipinski definition) is 1. The monoisotopic (exact) mass is 290 g/mol. The molecule has 7 heteroatoms. The minimum Gasteiger partial charge on any atom is -0.494 e. The first-order valence-electron chi connectivity index (χ1n) is 4.13. The van der Waals surface area contributed by atoms with Crippen molar-refractivity contribution in [3.05, 3.63) is 22.0 Å². The molecule has 1 aliphatic rings. The average Bonchev–Trinajstić information content (AvgIpc) is 2.65. The number of ether oxygens (including phenoxy) is 2. The van der Waals surface area contributed by atoms with Crippen LogP contribution < -0.4 is 5.32 Å². The Labute approximate surface area is 98.2 Å². The number of nitrogens with zero attached hydrogens (tertiary/aromatic N) is 1. The quantitative estimate of drug-likeness (QED) is 0.901. The van der Waals surface area contributed by atoms with Crippen molar-refractivity contribution in [2.45, 2.75) is 0 Å². The fourth-order valence-corrected chi connectivity index (χ4v) is 2.06. The lowest BCUT2D eigenvalue weighted by molar-refractivity contribution is -0.117. The lowest BCUT2D eigenvalue weighted by atomic mass is 10.5. The molecule has 0 spiro atoms. The standard InChI is InChI=1S/C8H7BrN2O3S/c9-6-3-10-8(15-6)11-7(12)5-4-13-1-2-14-5/h3-4H,1-2H2,(H,10,11,12). The highest BCUT2D eigenvalue weighted by Gasteiger charge is 2.16. The summed E-state index contributed by atoms with van der Waals surface area (Å²) in [5, 5.41) is 3.11. The maximum atomic E-state index is 11.5. The van der Waals surface area contributed by atoms with Crippen LogP contribution in [0.2, 0.25) is 0 Å². The number of anilines is 1. The van der Waals surface area contributed by atoms with Crippen LogP contribution in [0.4, 0.5) is 5.13 Å². The summed E-state index contributed by atoms with van der Waals surface area (Å²) in [6.07, 6.45) is 2.92. The topological polar surface area (TPSA) is 60.5 Å². The van der Waals surface area contributed by atoms with Crippen LogP contribution in [0.5, 0.6) is 0 Å². The molecule has 15 heavy (non-hydrogen) atoms. The molecule has 1 aliphatic heterocycles. The Morgan fingerprint density at radius 1 is 1.60 bits per heavy atom. The van der Waals surface area contributed by atoms with Gasteiger partial charge in [0.25, 0.3) is 5.91 Å². The summed E-state index contributed by atoms with van der Waals surface area (Å²) in [5.41, 5.74) is 0. The van der Waals surface area contributed by atoms with Crippen LogP contribution in [-0.2, 0) is 14.3 Å². The van der Waals surface area contributed by atoms with Gasteiger partial charge in [-0.2, -0.15) is 0 Å². The van der Waals surface area contributed by atoms with E-state index in [0.717, 1.165) is 3.79 Å². The smallest absolute Gasteiger partial charge is 0.295 e. The van der Waals surface area contributed by atoms with Crippen LogP contribution in [0.25, 0.3) is 0 Å². The van der Waals surface area contributed by atoms with Gasteiger partial charge < -0.3 is 9.47 Å². The van der Waals surface area contributed by atoms with E-state index in [2.05, 4.69) is 26.2 Å². The molecule has 0 fully saturated rings. The summed E-state index contributed by atoms with van der Waals surface area (Å²) in [4.78, 5) is 15.5. The number of rotatable bonds is 2. The molecule has 2 heterocycles. The zero-order chi connectivity index (χ0) is 10.7. The Morgan fingerprint density at radius 3 is 3.07 bits per heavy atom. The molecular weight excluding hydrogens is 284 g/mol. The summed E-state index contributed by atoms with van der Waals surface area (Å²) < 4.78 is 10.9. The number of aromatic nitrogens is 1. The van der Waals surface area contributed by atoms with E-state index in [0.29, 0.717) is 18.3 Å². The van der Waals surface area contributed by atoms with E-state index in [9.17, 15) is 4.79 Å². The average molecular weight is 291 g/mol. The number of amides is 1. The molecule has 2 rings (SSSR count). The molecule has 80 valence electrons. The van der Waals surface area contributed by atoms with Crippen molar-refractivity contribution < 1.29 is 14.3 Å². The fourth-order valence-electron chi connectivity index (χ4n) is 0.958. The summed E-state index contributed by atoms with van der Waals surface area (Å²) in [5.74, 6) is -0.177. The second-order valence-corrected chi connectivity index (χ2v) is 5.03. The lowest BCUT2D eigenvalue weighted by Gasteiger charge is -2.13. The summed E-state index contributed by atoms with van der Waals surface area (Å²) in [6.45, 7) is 0.862. The predicted octanol–water partition coefficient (Wildman–Crippen LogP) is 1.73. The fraction of sp³-hybridized carbons (Fsp3) is 0.250. The number of carbonyl (C=O) groups is 1. The zero-order valence-corrected chi connectivity index (χ0v) is 9.93. The highest BCUT2D eigenvalue weighted by Crippen LogP contribution is 2.23. The molecule has 1 aromatic rings. The zero-order valence-electron chi connectivity index (χ0n) is 7.53. The van der Waals surface area contributed by atoms with E-state index in [1.54, 1.807) is 6.20 Å². The van der Waals surface area contributed by atoms with Gasteiger partial charge in [-0.05, 0) is 15.9 Å². The van der Waals surface area contributed by atoms with Crippen LogP contribution in [0.1, 0.15) is 0 Å². The summed E-state index contributed by atoms with van der Waals surface area (Å²) in [6, 6.07) is 0. The molecule has 0 aliphatic carbocycles. The largest absolute Gasteiger partial charge is 0.494 e. The molecule has 1 aromatic heterocycles. The molecule has 5 nitrogen and oxygen atoms in total.